The number of hydrogen-bond acceptors (Lipinski definition) is 8. The van der Waals surface area contributed by atoms with Gasteiger partial charge in [-0.25, -0.2) is 0 Å². The van der Waals surface area contributed by atoms with Gasteiger partial charge in [-0.3, -0.25) is 9.59 Å². The van der Waals surface area contributed by atoms with Crippen molar-refractivity contribution in [3.05, 3.63) is 64.4 Å². The van der Waals surface area contributed by atoms with Gasteiger partial charge in [-0.2, -0.15) is 4.80 Å². The van der Waals surface area contributed by atoms with E-state index in [-0.39, 0.29) is 30.9 Å². The lowest BCUT2D eigenvalue weighted by Gasteiger charge is -2.31. The molecule has 36 heavy (non-hydrogen) atoms. The third-order valence-corrected chi connectivity index (χ3v) is 7.10. The molecule has 1 aliphatic rings. The second-order valence-corrected chi connectivity index (χ2v) is 9.95. The first-order valence-corrected chi connectivity index (χ1v) is 12.9. The van der Waals surface area contributed by atoms with E-state index in [4.69, 9.17) is 8.83 Å². The van der Waals surface area contributed by atoms with Crippen LogP contribution in [0.5, 0.6) is 0 Å². The fraction of sp³-hybridized carbons (Fsp3) is 0.400. The van der Waals surface area contributed by atoms with Gasteiger partial charge in [0.05, 0.1) is 12.8 Å². The molecule has 0 bridgehead atoms. The summed E-state index contributed by atoms with van der Waals surface area (Å²) in [5.41, 5.74) is 0. The smallest absolute Gasteiger partial charge is 0.250 e. The number of nitrogens with zero attached hydrogens (tertiary/aromatic N) is 5. The lowest BCUT2D eigenvalue weighted by molar-refractivity contribution is -0.143. The second-order valence-electron chi connectivity index (χ2n) is 8.92. The molecule has 0 radical (unpaired) electrons. The first kappa shape index (κ1) is 24.0. The lowest BCUT2D eigenvalue weighted by Crippen LogP contribution is -2.47. The number of carbonyl (C=O) groups is 2. The molecule has 4 aromatic heterocycles. The zero-order valence-corrected chi connectivity index (χ0v) is 20.8. The van der Waals surface area contributed by atoms with Gasteiger partial charge in [0.25, 0.3) is 5.91 Å². The molecule has 0 spiro atoms. The van der Waals surface area contributed by atoms with Crippen LogP contribution in [-0.4, -0.2) is 43.0 Å². The molecule has 1 aliphatic carbocycles. The highest BCUT2D eigenvalue weighted by Gasteiger charge is 2.35. The number of hydrogen-bond donors (Lipinski definition) is 1. The summed E-state index contributed by atoms with van der Waals surface area (Å²) < 4.78 is 11.2. The number of furan rings is 2. The van der Waals surface area contributed by atoms with Gasteiger partial charge in [0.15, 0.2) is 11.8 Å². The minimum Gasteiger partial charge on any atom is -0.467 e. The van der Waals surface area contributed by atoms with Gasteiger partial charge >= 0.3 is 0 Å². The van der Waals surface area contributed by atoms with Crippen molar-refractivity contribution in [3.63, 3.8) is 0 Å². The number of nitrogens with one attached hydrogen (secondary N) is 1. The van der Waals surface area contributed by atoms with Gasteiger partial charge in [-0.05, 0) is 60.7 Å². The quantitative estimate of drug-likeness (QED) is 0.361. The van der Waals surface area contributed by atoms with Crippen LogP contribution in [0.2, 0.25) is 0 Å². The van der Waals surface area contributed by atoms with Gasteiger partial charge < -0.3 is 19.1 Å². The molecule has 188 valence electrons. The molecule has 1 atom stereocenters. The Morgan fingerprint density at radius 1 is 1.19 bits per heavy atom. The first-order valence-electron chi connectivity index (χ1n) is 12.1. The molecular weight excluding hydrogens is 480 g/mol. The summed E-state index contributed by atoms with van der Waals surface area (Å²) in [5.74, 6) is 1.32. The largest absolute Gasteiger partial charge is 0.467 e. The minimum absolute atomic E-state index is 0.0960. The topological polar surface area (TPSA) is 119 Å². The van der Waals surface area contributed by atoms with Crippen molar-refractivity contribution in [2.45, 2.75) is 64.2 Å². The number of aromatic nitrogens is 4. The predicted octanol–water partition coefficient (Wildman–Crippen LogP) is 4.12. The minimum atomic E-state index is -0.924. The zero-order valence-electron chi connectivity index (χ0n) is 20.0. The van der Waals surface area contributed by atoms with Gasteiger partial charge in [0.1, 0.15) is 18.1 Å². The Morgan fingerprint density at radius 2 is 2.06 bits per heavy atom. The molecule has 11 heteroatoms. The van der Waals surface area contributed by atoms with Crippen LogP contribution >= 0.6 is 11.3 Å². The maximum Gasteiger partial charge on any atom is 0.250 e. The molecule has 5 rings (SSSR count). The number of rotatable bonds is 9. The first-order chi connectivity index (χ1) is 17.6. The van der Waals surface area contributed by atoms with Gasteiger partial charge in [-0.1, -0.05) is 25.3 Å². The molecular formula is C25H28N6O4S. The molecule has 1 saturated carbocycles. The Morgan fingerprint density at radius 3 is 2.75 bits per heavy atom. The van der Waals surface area contributed by atoms with Crippen molar-refractivity contribution in [1.29, 1.82) is 0 Å². The molecule has 0 aliphatic heterocycles. The summed E-state index contributed by atoms with van der Waals surface area (Å²) in [7, 11) is 0. The Labute approximate surface area is 212 Å². The molecule has 0 aromatic carbocycles. The highest BCUT2D eigenvalue weighted by atomic mass is 32.1. The van der Waals surface area contributed by atoms with Crippen molar-refractivity contribution in [2.75, 3.05) is 0 Å². The molecule has 10 nitrogen and oxygen atoms in total. The second kappa shape index (κ2) is 10.9. The molecule has 2 amide bonds. The average molecular weight is 509 g/mol. The Hall–Kier alpha value is -3.73. The van der Waals surface area contributed by atoms with Gasteiger partial charge in [0.2, 0.25) is 11.7 Å². The average Bonchev–Trinajstić information content (AvgIpc) is 3.68. The normalized spacial score (nSPS) is 15.0. The van der Waals surface area contributed by atoms with Crippen LogP contribution in [0.15, 0.2) is 56.9 Å². The number of thiophene rings is 1. The number of carbonyl (C=O) groups excluding carboxylic acids is 2. The van der Waals surface area contributed by atoms with E-state index >= 15 is 0 Å². The summed E-state index contributed by atoms with van der Waals surface area (Å²) in [6.07, 6.45) is 6.75. The van der Waals surface area contributed by atoms with Crippen LogP contribution in [0, 0.1) is 6.92 Å². The highest BCUT2D eigenvalue weighted by Crippen LogP contribution is 2.27. The molecule has 4 heterocycles. The molecule has 1 N–H and O–H groups in total. The summed E-state index contributed by atoms with van der Waals surface area (Å²) in [6.45, 7) is 1.89. The Balaban J connectivity index is 1.40. The van der Waals surface area contributed by atoms with Crippen LogP contribution in [0.4, 0.5) is 0 Å². The van der Waals surface area contributed by atoms with Gasteiger partial charge in [0, 0.05) is 10.9 Å². The van der Waals surface area contributed by atoms with Crippen LogP contribution in [0.25, 0.3) is 11.6 Å². The van der Waals surface area contributed by atoms with Crippen molar-refractivity contribution >= 4 is 23.2 Å². The van der Waals surface area contributed by atoms with Crippen molar-refractivity contribution in [2.24, 2.45) is 0 Å². The van der Waals surface area contributed by atoms with E-state index in [0.29, 0.717) is 17.3 Å². The zero-order chi connectivity index (χ0) is 24.9. The van der Waals surface area contributed by atoms with Gasteiger partial charge in [-0.15, -0.1) is 21.5 Å². The van der Waals surface area contributed by atoms with Crippen LogP contribution in [0.1, 0.15) is 54.5 Å². The third-order valence-electron chi connectivity index (χ3n) is 6.24. The maximum atomic E-state index is 13.7. The predicted molar refractivity (Wildman–Crippen MR) is 132 cm³/mol. The molecule has 1 fully saturated rings. The SMILES string of the molecule is Cc1ccc(-c2nnn(CC(=O)N(Cc3cccs3)[C@H](C(=O)NC3CCCCC3)c3ccco3)n2)o1. The van der Waals surface area contributed by atoms with E-state index in [0.717, 1.165) is 36.3 Å². The Kier molecular flexibility index (Phi) is 7.26. The molecule has 0 unspecified atom stereocenters. The van der Waals surface area contributed by atoms with E-state index < -0.39 is 6.04 Å². The number of amides is 2. The standard InChI is InChI=1S/C25H28N6O4S/c1-17-11-12-21(35-17)24-27-29-31(28-24)16-22(32)30(15-19-9-6-14-36-19)23(20-10-5-13-34-20)25(33)26-18-7-3-2-4-8-18/h5-6,9-14,18,23H,2-4,7-8,15-16H2,1H3,(H,26,33)/t23-/m0/s1. The fourth-order valence-electron chi connectivity index (χ4n) is 4.47. The van der Waals surface area contributed by atoms with Crippen molar-refractivity contribution in [3.8, 4) is 11.6 Å². The summed E-state index contributed by atoms with van der Waals surface area (Å²) in [5, 5.41) is 17.5. The van der Waals surface area contributed by atoms with Crippen LogP contribution in [-0.2, 0) is 22.7 Å². The highest BCUT2D eigenvalue weighted by molar-refractivity contribution is 7.09. The van der Waals surface area contributed by atoms with E-state index in [1.54, 1.807) is 18.2 Å². The lowest BCUT2D eigenvalue weighted by atomic mass is 9.95. The molecule has 4 aromatic rings. The number of tetrazole rings is 1. The van der Waals surface area contributed by atoms with Crippen LogP contribution < -0.4 is 5.32 Å². The summed E-state index contributed by atoms with van der Waals surface area (Å²) in [6, 6.07) is 10.0. The fourth-order valence-corrected chi connectivity index (χ4v) is 5.17. The summed E-state index contributed by atoms with van der Waals surface area (Å²) >= 11 is 1.52. The number of aryl methyl sites for hydroxylation is 1. The molecule has 0 saturated heterocycles. The van der Waals surface area contributed by atoms with E-state index in [1.165, 1.54) is 33.7 Å². The van der Waals surface area contributed by atoms with Crippen LogP contribution in [0.3, 0.4) is 0 Å². The monoisotopic (exact) mass is 508 g/mol. The van der Waals surface area contributed by atoms with Crippen molar-refractivity contribution < 1.29 is 18.4 Å². The van der Waals surface area contributed by atoms with E-state index in [9.17, 15) is 9.59 Å². The van der Waals surface area contributed by atoms with E-state index in [1.807, 2.05) is 30.5 Å². The van der Waals surface area contributed by atoms with E-state index in [2.05, 4.69) is 20.7 Å². The summed E-state index contributed by atoms with van der Waals surface area (Å²) in [4.78, 5) is 31.0. The maximum absolute atomic E-state index is 13.7. The third kappa shape index (κ3) is 5.56. The Bertz CT molecular complexity index is 1270. The van der Waals surface area contributed by atoms with Crippen molar-refractivity contribution in [1.82, 2.24) is 30.4 Å².